The molecule has 0 spiro atoms. The fourth-order valence-corrected chi connectivity index (χ4v) is 2.04. The maximum absolute atomic E-state index is 12.8. The minimum Gasteiger partial charge on any atom is -0.390 e. The monoisotopic (exact) mass is 270 g/mol. The van der Waals surface area contributed by atoms with Gasteiger partial charge in [0.05, 0.1) is 12.6 Å². The molecular formula is C13H16F2N2O2. The predicted molar refractivity (Wildman–Crippen MR) is 65.8 cm³/mol. The number of hydrogen-bond acceptors (Lipinski definition) is 3. The Labute approximate surface area is 109 Å². The van der Waals surface area contributed by atoms with E-state index in [0.717, 1.165) is 11.1 Å². The molecule has 0 saturated heterocycles. The highest BCUT2D eigenvalue weighted by molar-refractivity contribution is 5.82. The molecule has 1 aliphatic rings. The van der Waals surface area contributed by atoms with Crippen molar-refractivity contribution in [3.05, 3.63) is 35.4 Å². The third-order valence-electron chi connectivity index (χ3n) is 3.15. The minimum absolute atomic E-state index is 0.470. The molecule has 0 unspecified atom stereocenters. The lowest BCUT2D eigenvalue weighted by Crippen LogP contribution is -2.50. The molecule has 0 aliphatic carbocycles. The molecule has 6 heteroatoms. The highest BCUT2D eigenvalue weighted by Crippen LogP contribution is 2.16. The molecule has 1 heterocycles. The zero-order valence-corrected chi connectivity index (χ0v) is 10.3. The number of hydrogen-bond donors (Lipinski definition) is 3. The van der Waals surface area contributed by atoms with Crippen LogP contribution in [0.5, 0.6) is 0 Å². The number of nitrogens with one attached hydrogen (secondary N) is 2. The summed E-state index contributed by atoms with van der Waals surface area (Å²) in [7, 11) is 0. The van der Waals surface area contributed by atoms with Crippen molar-refractivity contribution in [2.45, 2.75) is 24.9 Å². The van der Waals surface area contributed by atoms with Gasteiger partial charge in [-0.1, -0.05) is 24.3 Å². The molecule has 0 aromatic heterocycles. The number of aliphatic hydroxyl groups excluding tert-OH is 1. The van der Waals surface area contributed by atoms with Crippen molar-refractivity contribution >= 4 is 5.91 Å². The van der Waals surface area contributed by atoms with Gasteiger partial charge in [-0.25, -0.2) is 8.78 Å². The van der Waals surface area contributed by atoms with Gasteiger partial charge in [0.25, 0.3) is 5.92 Å². The zero-order valence-electron chi connectivity index (χ0n) is 10.3. The van der Waals surface area contributed by atoms with Crippen molar-refractivity contribution in [1.82, 2.24) is 10.6 Å². The number of aliphatic hydroxyl groups is 1. The number of halogens is 2. The maximum Gasteiger partial charge on any atom is 0.287 e. The van der Waals surface area contributed by atoms with Crippen LogP contribution in [0.3, 0.4) is 0 Å². The Morgan fingerprint density at radius 2 is 2.11 bits per heavy atom. The topological polar surface area (TPSA) is 61.4 Å². The fraction of sp³-hybridized carbons (Fsp3) is 0.462. The van der Waals surface area contributed by atoms with Crippen LogP contribution >= 0.6 is 0 Å². The summed E-state index contributed by atoms with van der Waals surface area (Å²) in [6.07, 6.45) is 0.479. The number of carbonyl (C=O) groups excluding carboxylic acids is 1. The van der Waals surface area contributed by atoms with Gasteiger partial charge >= 0.3 is 0 Å². The number of fused-ring (bicyclic) bond motifs is 1. The van der Waals surface area contributed by atoms with Crippen molar-refractivity contribution in [2.75, 3.05) is 13.2 Å². The van der Waals surface area contributed by atoms with E-state index in [1.165, 1.54) is 0 Å². The van der Waals surface area contributed by atoms with Gasteiger partial charge in [0.1, 0.15) is 6.61 Å². The Hall–Kier alpha value is -1.53. The van der Waals surface area contributed by atoms with Gasteiger partial charge in [0.15, 0.2) is 0 Å². The molecule has 1 aromatic rings. The van der Waals surface area contributed by atoms with E-state index in [1.807, 2.05) is 24.3 Å². The van der Waals surface area contributed by atoms with Crippen molar-refractivity contribution in [3.8, 4) is 0 Å². The molecule has 1 aromatic carbocycles. The van der Waals surface area contributed by atoms with E-state index in [1.54, 1.807) is 0 Å². The largest absolute Gasteiger partial charge is 0.390 e. The molecule has 104 valence electrons. The Kier molecular flexibility index (Phi) is 4.11. The van der Waals surface area contributed by atoms with E-state index >= 15 is 0 Å². The number of rotatable bonds is 4. The quantitative estimate of drug-likeness (QED) is 0.744. The van der Waals surface area contributed by atoms with Gasteiger partial charge in [-0.15, -0.1) is 0 Å². The van der Waals surface area contributed by atoms with Crippen LogP contribution in [-0.2, 0) is 17.8 Å². The van der Waals surface area contributed by atoms with Crippen LogP contribution in [0.1, 0.15) is 11.1 Å². The summed E-state index contributed by atoms with van der Waals surface area (Å²) in [6, 6.07) is 7.20. The van der Waals surface area contributed by atoms with Crippen molar-refractivity contribution < 1.29 is 18.7 Å². The summed E-state index contributed by atoms with van der Waals surface area (Å²) in [4.78, 5) is 11.8. The van der Waals surface area contributed by atoms with Crippen molar-refractivity contribution in [3.63, 3.8) is 0 Å². The lowest BCUT2D eigenvalue weighted by atomic mass is 9.95. The molecule has 1 aliphatic heterocycles. The third-order valence-corrected chi connectivity index (χ3v) is 3.15. The molecule has 0 saturated carbocycles. The molecule has 1 amide bonds. The molecule has 4 nitrogen and oxygen atoms in total. The first-order valence-electron chi connectivity index (χ1n) is 6.08. The van der Waals surface area contributed by atoms with Crippen LogP contribution in [-0.4, -0.2) is 36.1 Å². The molecule has 0 bridgehead atoms. The summed E-state index contributed by atoms with van der Waals surface area (Å²) >= 11 is 0. The van der Waals surface area contributed by atoms with Crippen LogP contribution in [0.25, 0.3) is 0 Å². The molecule has 19 heavy (non-hydrogen) atoms. The Morgan fingerprint density at radius 1 is 1.42 bits per heavy atom. The average molecular weight is 270 g/mol. The first kappa shape index (κ1) is 13.9. The lowest BCUT2D eigenvalue weighted by Gasteiger charge is -2.26. The summed E-state index contributed by atoms with van der Waals surface area (Å²) in [6.45, 7) is -1.57. The first-order valence-corrected chi connectivity index (χ1v) is 6.08. The fourth-order valence-electron chi connectivity index (χ4n) is 2.04. The zero-order chi connectivity index (χ0) is 13.9. The van der Waals surface area contributed by atoms with E-state index in [4.69, 9.17) is 5.11 Å². The third kappa shape index (κ3) is 3.48. The van der Waals surface area contributed by atoms with E-state index in [-0.39, 0.29) is 0 Å². The van der Waals surface area contributed by atoms with Crippen LogP contribution in [0.15, 0.2) is 24.3 Å². The van der Waals surface area contributed by atoms with Gasteiger partial charge in [-0.2, -0.15) is 0 Å². The van der Waals surface area contributed by atoms with Gasteiger partial charge in [-0.05, 0) is 17.5 Å². The SMILES string of the molecule is O=C(NCC(F)(F)CO)[C@@H]1Cc2ccccc2CN1. The average Bonchev–Trinajstić information content (AvgIpc) is 2.44. The molecule has 2 rings (SSSR count). The van der Waals surface area contributed by atoms with Gasteiger partial charge in [-0.3, -0.25) is 4.79 Å². The summed E-state index contributed by atoms with van der Waals surface area (Å²) < 4.78 is 25.7. The van der Waals surface area contributed by atoms with Crippen LogP contribution in [0, 0.1) is 0 Å². The smallest absolute Gasteiger partial charge is 0.287 e. The van der Waals surface area contributed by atoms with Gasteiger partial charge < -0.3 is 15.7 Å². The predicted octanol–water partition coefficient (Wildman–Crippen LogP) is 0.445. The lowest BCUT2D eigenvalue weighted by molar-refractivity contribution is -0.126. The first-order chi connectivity index (χ1) is 9.02. The molecule has 0 fully saturated rings. The van der Waals surface area contributed by atoms with E-state index in [9.17, 15) is 13.6 Å². The second-order valence-electron chi connectivity index (χ2n) is 4.64. The molecule has 3 N–H and O–H groups in total. The van der Waals surface area contributed by atoms with Crippen LogP contribution < -0.4 is 10.6 Å². The van der Waals surface area contributed by atoms with Crippen molar-refractivity contribution in [2.24, 2.45) is 0 Å². The van der Waals surface area contributed by atoms with Gasteiger partial charge in [0, 0.05) is 6.54 Å². The van der Waals surface area contributed by atoms with E-state index in [0.29, 0.717) is 13.0 Å². The highest BCUT2D eigenvalue weighted by atomic mass is 19.3. The number of amides is 1. The Balaban J connectivity index is 1.92. The number of benzene rings is 1. The molecular weight excluding hydrogens is 254 g/mol. The normalized spacial score (nSPS) is 18.8. The minimum atomic E-state index is -3.28. The highest BCUT2D eigenvalue weighted by Gasteiger charge is 2.30. The standard InChI is InChI=1S/C13H16F2N2O2/c14-13(15,8-18)7-17-12(19)11-5-9-3-1-2-4-10(9)6-16-11/h1-4,11,16,18H,5-8H2,(H,17,19)/t11-/m0/s1. The second kappa shape index (κ2) is 5.63. The molecule has 0 radical (unpaired) electrons. The Morgan fingerprint density at radius 3 is 2.79 bits per heavy atom. The number of alkyl halides is 2. The second-order valence-corrected chi connectivity index (χ2v) is 4.64. The summed E-state index contributed by atoms with van der Waals surface area (Å²) in [5.74, 6) is -3.75. The maximum atomic E-state index is 12.8. The van der Waals surface area contributed by atoms with Crippen LogP contribution in [0.4, 0.5) is 8.78 Å². The molecule has 1 atom stereocenters. The van der Waals surface area contributed by atoms with E-state index < -0.39 is 31.0 Å². The summed E-state index contributed by atoms with van der Waals surface area (Å²) in [5.41, 5.74) is 2.17. The number of carbonyl (C=O) groups is 1. The van der Waals surface area contributed by atoms with Crippen molar-refractivity contribution in [1.29, 1.82) is 0 Å². The summed E-state index contributed by atoms with van der Waals surface area (Å²) in [5, 5.41) is 13.6. The van der Waals surface area contributed by atoms with Crippen LogP contribution in [0.2, 0.25) is 0 Å². The Bertz CT molecular complexity index is 466. The van der Waals surface area contributed by atoms with Gasteiger partial charge in [0.2, 0.25) is 5.91 Å². The van der Waals surface area contributed by atoms with E-state index in [2.05, 4.69) is 10.6 Å².